The van der Waals surface area contributed by atoms with Crippen molar-refractivity contribution < 1.29 is 4.74 Å². The van der Waals surface area contributed by atoms with Crippen molar-refractivity contribution in [3.8, 4) is 5.75 Å². The van der Waals surface area contributed by atoms with Gasteiger partial charge in [0.1, 0.15) is 5.75 Å². The summed E-state index contributed by atoms with van der Waals surface area (Å²) in [4.78, 5) is 0. The summed E-state index contributed by atoms with van der Waals surface area (Å²) in [6.07, 6.45) is 3.47. The lowest BCUT2D eigenvalue weighted by atomic mass is 9.79. The Morgan fingerprint density at radius 2 is 1.61 bits per heavy atom. The van der Waals surface area contributed by atoms with Gasteiger partial charge in [0, 0.05) is 18.3 Å². The third kappa shape index (κ3) is 4.75. The van der Waals surface area contributed by atoms with Crippen molar-refractivity contribution in [2.24, 2.45) is 0 Å². The third-order valence-corrected chi connectivity index (χ3v) is 5.37. The number of nitrogens with one attached hydrogen (secondary N) is 1. The fourth-order valence-corrected chi connectivity index (χ4v) is 3.93. The van der Waals surface area contributed by atoms with Crippen LogP contribution in [0.3, 0.4) is 0 Å². The molecule has 0 saturated carbocycles. The third-order valence-electron chi connectivity index (χ3n) is 5.37. The van der Waals surface area contributed by atoms with Gasteiger partial charge in [-0.25, -0.2) is 0 Å². The summed E-state index contributed by atoms with van der Waals surface area (Å²) >= 11 is 0. The van der Waals surface area contributed by atoms with Gasteiger partial charge in [-0.2, -0.15) is 0 Å². The number of anilines is 1. The highest BCUT2D eigenvalue weighted by Crippen LogP contribution is 2.37. The van der Waals surface area contributed by atoms with E-state index < -0.39 is 0 Å². The zero-order chi connectivity index (χ0) is 19.8. The van der Waals surface area contributed by atoms with Crippen molar-refractivity contribution >= 4 is 5.69 Å². The van der Waals surface area contributed by atoms with Crippen molar-refractivity contribution in [1.82, 2.24) is 0 Å². The first-order valence-electron chi connectivity index (χ1n) is 10.4. The largest absolute Gasteiger partial charge is 0.497 e. The van der Waals surface area contributed by atoms with E-state index in [1.165, 1.54) is 34.4 Å². The van der Waals surface area contributed by atoms with Crippen molar-refractivity contribution in [2.75, 3.05) is 12.4 Å². The fraction of sp³-hybridized carbons (Fsp3) is 0.308. The van der Waals surface area contributed by atoms with E-state index in [-0.39, 0.29) is 0 Å². The molecule has 1 atom stereocenters. The Balaban J connectivity index is 0.00000109. The average molecular weight is 374 g/mol. The summed E-state index contributed by atoms with van der Waals surface area (Å²) in [6, 6.07) is 25.9. The lowest BCUT2D eigenvalue weighted by molar-refractivity contribution is 0.414. The SMILES string of the molecule is CC.COc1ccc(C2CCc3ccccc3C2)c(NCc2ccccc2)c1. The Morgan fingerprint density at radius 3 is 2.36 bits per heavy atom. The van der Waals surface area contributed by atoms with E-state index in [2.05, 4.69) is 78.1 Å². The summed E-state index contributed by atoms with van der Waals surface area (Å²) < 4.78 is 5.47. The van der Waals surface area contributed by atoms with Gasteiger partial charge < -0.3 is 10.1 Å². The van der Waals surface area contributed by atoms with Crippen LogP contribution in [0.1, 0.15) is 48.4 Å². The van der Waals surface area contributed by atoms with Crippen molar-refractivity contribution in [3.63, 3.8) is 0 Å². The average Bonchev–Trinajstić information content (AvgIpc) is 2.79. The van der Waals surface area contributed by atoms with Crippen LogP contribution in [-0.4, -0.2) is 7.11 Å². The van der Waals surface area contributed by atoms with Crippen LogP contribution in [-0.2, 0) is 19.4 Å². The van der Waals surface area contributed by atoms with Gasteiger partial charge in [-0.15, -0.1) is 0 Å². The molecule has 0 saturated heterocycles. The predicted molar refractivity (Wildman–Crippen MR) is 119 cm³/mol. The van der Waals surface area contributed by atoms with E-state index in [0.717, 1.165) is 25.1 Å². The van der Waals surface area contributed by atoms with Crippen LogP contribution in [0.2, 0.25) is 0 Å². The Hall–Kier alpha value is -2.74. The molecule has 0 bridgehead atoms. The zero-order valence-corrected chi connectivity index (χ0v) is 17.2. The van der Waals surface area contributed by atoms with Crippen LogP contribution in [0.15, 0.2) is 72.8 Å². The minimum Gasteiger partial charge on any atom is -0.497 e. The van der Waals surface area contributed by atoms with Crippen molar-refractivity contribution in [2.45, 2.75) is 45.6 Å². The van der Waals surface area contributed by atoms with Crippen LogP contribution in [0.4, 0.5) is 5.69 Å². The maximum Gasteiger partial charge on any atom is 0.120 e. The second-order valence-electron chi connectivity index (χ2n) is 7.00. The van der Waals surface area contributed by atoms with Gasteiger partial charge >= 0.3 is 0 Å². The van der Waals surface area contributed by atoms with Gasteiger partial charge in [0.25, 0.3) is 0 Å². The molecule has 0 radical (unpaired) electrons. The number of hydrogen-bond acceptors (Lipinski definition) is 2. The van der Waals surface area contributed by atoms with Gasteiger partial charge in [-0.1, -0.05) is 74.5 Å². The summed E-state index contributed by atoms with van der Waals surface area (Å²) in [5.74, 6) is 1.45. The molecule has 0 fully saturated rings. The highest BCUT2D eigenvalue weighted by atomic mass is 16.5. The lowest BCUT2D eigenvalue weighted by Crippen LogP contribution is -2.14. The number of ether oxygens (including phenoxy) is 1. The number of rotatable bonds is 5. The first-order valence-corrected chi connectivity index (χ1v) is 10.4. The van der Waals surface area contributed by atoms with E-state index >= 15 is 0 Å². The number of aryl methyl sites for hydroxylation is 1. The van der Waals surface area contributed by atoms with Gasteiger partial charge in [0.2, 0.25) is 0 Å². The minimum absolute atomic E-state index is 0.550. The van der Waals surface area contributed by atoms with Crippen LogP contribution < -0.4 is 10.1 Å². The molecule has 0 aliphatic heterocycles. The first kappa shape index (κ1) is 20.0. The van der Waals surface area contributed by atoms with Gasteiger partial charge in [-0.05, 0) is 53.5 Å². The van der Waals surface area contributed by atoms with Crippen molar-refractivity contribution in [1.29, 1.82) is 0 Å². The molecule has 1 N–H and O–H groups in total. The van der Waals surface area contributed by atoms with E-state index in [4.69, 9.17) is 4.74 Å². The number of methoxy groups -OCH3 is 1. The molecule has 3 aromatic carbocycles. The predicted octanol–water partition coefficient (Wildman–Crippen LogP) is 6.61. The normalized spacial score (nSPS) is 15.0. The van der Waals surface area contributed by atoms with E-state index in [1.807, 2.05) is 13.8 Å². The Bertz CT molecular complexity index is 873. The van der Waals surface area contributed by atoms with Gasteiger partial charge in [0.15, 0.2) is 0 Å². The van der Waals surface area contributed by atoms with E-state index in [9.17, 15) is 0 Å². The molecule has 1 aliphatic carbocycles. The van der Waals surface area contributed by atoms with Gasteiger partial charge in [0.05, 0.1) is 7.11 Å². The van der Waals surface area contributed by atoms with Crippen molar-refractivity contribution in [3.05, 3.63) is 95.1 Å². The molecule has 28 heavy (non-hydrogen) atoms. The zero-order valence-electron chi connectivity index (χ0n) is 17.2. The Morgan fingerprint density at radius 1 is 0.893 bits per heavy atom. The monoisotopic (exact) mass is 373 g/mol. The number of hydrogen-bond donors (Lipinski definition) is 1. The first-order chi connectivity index (χ1) is 13.8. The fourth-order valence-electron chi connectivity index (χ4n) is 3.93. The molecule has 4 rings (SSSR count). The number of fused-ring (bicyclic) bond motifs is 1. The van der Waals surface area contributed by atoms with Crippen LogP contribution >= 0.6 is 0 Å². The maximum absolute atomic E-state index is 5.47. The molecule has 1 unspecified atom stereocenters. The molecule has 3 aromatic rings. The molecule has 1 aliphatic rings. The molecule has 0 heterocycles. The summed E-state index contributed by atoms with van der Waals surface area (Å²) in [5, 5.41) is 3.65. The quantitative estimate of drug-likeness (QED) is 0.543. The topological polar surface area (TPSA) is 21.3 Å². The standard InChI is InChI=1S/C24H25NO.C2H6/c1-26-22-13-14-23(21-12-11-19-9-5-6-10-20(19)15-21)24(16-22)25-17-18-7-3-2-4-8-18;1-2/h2-10,13-14,16,21,25H,11-12,15,17H2,1H3;1-2H3. The van der Waals surface area contributed by atoms with Gasteiger partial charge in [-0.3, -0.25) is 0 Å². The second kappa shape index (κ2) is 9.98. The molecule has 0 spiro atoms. The second-order valence-corrected chi connectivity index (χ2v) is 7.00. The molecular formula is C26H31NO. The smallest absolute Gasteiger partial charge is 0.120 e. The molecular weight excluding hydrogens is 342 g/mol. The highest BCUT2D eigenvalue weighted by molar-refractivity contribution is 5.57. The minimum atomic E-state index is 0.550. The highest BCUT2D eigenvalue weighted by Gasteiger charge is 2.22. The maximum atomic E-state index is 5.47. The van der Waals surface area contributed by atoms with E-state index in [0.29, 0.717) is 5.92 Å². The summed E-state index contributed by atoms with van der Waals surface area (Å²) in [6.45, 7) is 4.82. The molecule has 2 heteroatoms. The number of benzene rings is 3. The lowest BCUT2D eigenvalue weighted by Gasteiger charge is -2.27. The molecule has 0 amide bonds. The Kier molecular flexibility index (Phi) is 7.13. The van der Waals surface area contributed by atoms with Crippen LogP contribution in [0, 0.1) is 0 Å². The summed E-state index contributed by atoms with van der Waals surface area (Å²) in [7, 11) is 1.73. The molecule has 0 aromatic heterocycles. The van der Waals surface area contributed by atoms with Crippen LogP contribution in [0.5, 0.6) is 5.75 Å². The Labute approximate surface area is 169 Å². The molecule has 2 nitrogen and oxygen atoms in total. The van der Waals surface area contributed by atoms with E-state index in [1.54, 1.807) is 7.11 Å². The summed E-state index contributed by atoms with van der Waals surface area (Å²) in [5.41, 5.74) is 6.88. The van der Waals surface area contributed by atoms with Crippen LogP contribution in [0.25, 0.3) is 0 Å². The molecule has 146 valence electrons.